The van der Waals surface area contributed by atoms with Gasteiger partial charge in [-0.3, -0.25) is 0 Å². The van der Waals surface area contributed by atoms with Crippen molar-refractivity contribution in [2.24, 2.45) is 17.2 Å². The fourth-order valence-electron chi connectivity index (χ4n) is 2.85. The van der Waals surface area contributed by atoms with Crippen LogP contribution in [-0.2, 0) is 9.47 Å². The van der Waals surface area contributed by atoms with Gasteiger partial charge in [-0.05, 0) is 6.42 Å². The molecule has 0 spiro atoms. The Bertz CT molecular complexity index is 388. The first-order chi connectivity index (χ1) is 10.3. The summed E-state index contributed by atoms with van der Waals surface area (Å²) >= 11 is 0. The van der Waals surface area contributed by atoms with Crippen LogP contribution in [0.15, 0.2) is 0 Å². The summed E-state index contributed by atoms with van der Waals surface area (Å²) in [6.07, 6.45) is -8.36. The Balaban J connectivity index is 0. The molecule has 0 aromatic rings. The fraction of sp³-hybridized carbons (Fsp3) is 1.00. The van der Waals surface area contributed by atoms with E-state index in [4.69, 9.17) is 31.8 Å². The van der Waals surface area contributed by atoms with Crippen molar-refractivity contribution in [3.63, 3.8) is 0 Å². The second-order valence-corrected chi connectivity index (χ2v) is 5.93. The zero-order chi connectivity index (χ0) is 16.6. The molecular formula is C12H28Cl3N3O7. The number of ether oxygens (including phenoxy) is 2. The first-order valence-electron chi connectivity index (χ1n) is 7.18. The molecule has 0 unspecified atom stereocenters. The molecule has 1 aliphatic carbocycles. The Hall–Kier alpha value is 0.470. The topological polar surface area (TPSA) is 198 Å². The Kier molecular flexibility index (Phi) is 12.6. The number of nitrogens with two attached hydrogens (primary N) is 3. The lowest BCUT2D eigenvalue weighted by Gasteiger charge is -2.45. The van der Waals surface area contributed by atoms with Crippen LogP contribution in [0.4, 0.5) is 0 Å². The quantitative estimate of drug-likeness (QED) is 0.219. The summed E-state index contributed by atoms with van der Waals surface area (Å²) in [5, 5.41) is 48.6. The van der Waals surface area contributed by atoms with Gasteiger partial charge in [0.25, 0.3) is 0 Å². The molecule has 0 aromatic carbocycles. The Morgan fingerprint density at radius 1 is 0.840 bits per heavy atom. The van der Waals surface area contributed by atoms with E-state index in [0.717, 1.165) is 0 Å². The monoisotopic (exact) mass is 431 g/mol. The van der Waals surface area contributed by atoms with Gasteiger partial charge in [0.2, 0.25) is 0 Å². The molecule has 1 heterocycles. The first-order valence-corrected chi connectivity index (χ1v) is 7.18. The van der Waals surface area contributed by atoms with Gasteiger partial charge < -0.3 is 52.2 Å². The van der Waals surface area contributed by atoms with Crippen molar-refractivity contribution >= 4 is 37.2 Å². The van der Waals surface area contributed by atoms with E-state index in [2.05, 4.69) is 0 Å². The van der Waals surface area contributed by atoms with Crippen molar-refractivity contribution in [1.29, 1.82) is 0 Å². The van der Waals surface area contributed by atoms with Crippen LogP contribution in [0.1, 0.15) is 6.42 Å². The minimum absolute atomic E-state index is 0. The molecule has 0 radical (unpaired) electrons. The number of rotatable bonds is 3. The van der Waals surface area contributed by atoms with E-state index in [-0.39, 0.29) is 43.6 Å². The van der Waals surface area contributed by atoms with Crippen molar-refractivity contribution in [2.75, 3.05) is 6.61 Å². The van der Waals surface area contributed by atoms with Crippen LogP contribution in [-0.4, -0.2) is 93.2 Å². The van der Waals surface area contributed by atoms with Crippen LogP contribution in [0.5, 0.6) is 0 Å². The van der Waals surface area contributed by atoms with Gasteiger partial charge in [-0.2, -0.15) is 0 Å². The minimum atomic E-state index is -1.37. The molecule has 25 heavy (non-hydrogen) atoms. The molecule has 13 heteroatoms. The summed E-state index contributed by atoms with van der Waals surface area (Å²) in [5.41, 5.74) is 17.3. The number of hydrogen-bond acceptors (Lipinski definition) is 10. The zero-order valence-electron chi connectivity index (χ0n) is 13.2. The van der Waals surface area contributed by atoms with Crippen molar-refractivity contribution in [2.45, 2.75) is 67.5 Å². The second kappa shape index (κ2) is 11.3. The third kappa shape index (κ3) is 5.72. The third-order valence-corrected chi connectivity index (χ3v) is 4.31. The van der Waals surface area contributed by atoms with E-state index < -0.39 is 67.6 Å². The molecule has 0 aromatic heterocycles. The molecule has 2 fully saturated rings. The van der Waals surface area contributed by atoms with E-state index in [9.17, 15) is 20.4 Å². The van der Waals surface area contributed by atoms with Crippen LogP contribution in [0, 0.1) is 0 Å². The van der Waals surface area contributed by atoms with Crippen LogP contribution in [0.3, 0.4) is 0 Å². The summed E-state index contributed by atoms with van der Waals surface area (Å²) in [5.74, 6) is 0. The first kappa shape index (κ1) is 27.7. The largest absolute Gasteiger partial charge is 0.394 e. The van der Waals surface area contributed by atoms with Crippen molar-refractivity contribution < 1.29 is 35.0 Å². The van der Waals surface area contributed by atoms with Crippen LogP contribution in [0.25, 0.3) is 0 Å². The molecule has 11 N–H and O–H groups in total. The highest BCUT2D eigenvalue weighted by atomic mass is 35.5. The van der Waals surface area contributed by atoms with Gasteiger partial charge in [-0.15, -0.1) is 37.2 Å². The maximum atomic E-state index is 10.0. The molecule has 0 amide bonds. The van der Waals surface area contributed by atoms with Gasteiger partial charge in [0.1, 0.15) is 30.5 Å². The average molecular weight is 433 g/mol. The van der Waals surface area contributed by atoms with Gasteiger partial charge in [0.15, 0.2) is 6.29 Å². The summed E-state index contributed by atoms with van der Waals surface area (Å²) in [6, 6.07) is -2.45. The molecule has 1 saturated carbocycles. The van der Waals surface area contributed by atoms with Gasteiger partial charge in [0.05, 0.1) is 18.8 Å². The normalized spacial score (nSPS) is 47.0. The molecule has 10 nitrogen and oxygen atoms in total. The van der Waals surface area contributed by atoms with E-state index >= 15 is 0 Å². The summed E-state index contributed by atoms with van der Waals surface area (Å²) in [4.78, 5) is 0. The van der Waals surface area contributed by atoms with E-state index in [0.29, 0.717) is 0 Å². The molecule has 154 valence electrons. The van der Waals surface area contributed by atoms with Gasteiger partial charge in [-0.1, -0.05) is 0 Å². The predicted octanol–water partition coefficient (Wildman–Crippen LogP) is -3.82. The zero-order valence-corrected chi connectivity index (χ0v) is 15.6. The minimum Gasteiger partial charge on any atom is -0.394 e. The van der Waals surface area contributed by atoms with E-state index in [1.54, 1.807) is 0 Å². The number of aliphatic hydroxyl groups is 5. The van der Waals surface area contributed by atoms with E-state index in [1.165, 1.54) is 0 Å². The van der Waals surface area contributed by atoms with Gasteiger partial charge in [0, 0.05) is 12.1 Å². The predicted molar refractivity (Wildman–Crippen MR) is 94.9 cm³/mol. The van der Waals surface area contributed by atoms with Crippen molar-refractivity contribution in [3.8, 4) is 0 Å². The maximum Gasteiger partial charge on any atom is 0.176 e. The summed E-state index contributed by atoms with van der Waals surface area (Å²) in [7, 11) is 0. The average Bonchev–Trinajstić information content (AvgIpc) is 2.49. The Labute approximate surface area is 163 Å². The number of halogens is 3. The summed E-state index contributed by atoms with van der Waals surface area (Å²) < 4.78 is 10.8. The smallest absolute Gasteiger partial charge is 0.176 e. The lowest BCUT2D eigenvalue weighted by molar-refractivity contribution is -0.293. The lowest BCUT2D eigenvalue weighted by Crippen LogP contribution is -2.67. The number of hydrogen-bond donors (Lipinski definition) is 8. The second-order valence-electron chi connectivity index (χ2n) is 5.93. The highest BCUT2D eigenvalue weighted by Gasteiger charge is 2.47. The molecule has 2 rings (SSSR count). The highest BCUT2D eigenvalue weighted by molar-refractivity contribution is 5.86. The van der Waals surface area contributed by atoms with Crippen molar-refractivity contribution in [1.82, 2.24) is 0 Å². The SMILES string of the molecule is Cl.Cl.Cl.N[C@H]1[C@@H](O[C@H]2[C@H](O)[C@@H](O)[C@H](N)C[C@@H]2N)O[C@H](CO)[C@@H](O)[C@@H]1O. The van der Waals surface area contributed by atoms with Crippen LogP contribution in [0.2, 0.25) is 0 Å². The van der Waals surface area contributed by atoms with Gasteiger partial charge in [-0.25, -0.2) is 0 Å². The maximum absolute atomic E-state index is 10.0. The molecule has 1 aliphatic heterocycles. The molecule has 10 atom stereocenters. The van der Waals surface area contributed by atoms with Gasteiger partial charge >= 0.3 is 0 Å². The fourth-order valence-corrected chi connectivity index (χ4v) is 2.85. The molecule has 0 bridgehead atoms. The lowest BCUT2D eigenvalue weighted by atomic mass is 9.84. The third-order valence-electron chi connectivity index (χ3n) is 4.31. The Morgan fingerprint density at radius 2 is 1.40 bits per heavy atom. The summed E-state index contributed by atoms with van der Waals surface area (Å²) in [6.45, 7) is -0.544. The molecular weight excluding hydrogens is 405 g/mol. The van der Waals surface area contributed by atoms with E-state index in [1.807, 2.05) is 0 Å². The highest BCUT2D eigenvalue weighted by Crippen LogP contribution is 2.27. The Morgan fingerprint density at radius 3 is 1.92 bits per heavy atom. The standard InChI is InChI=1S/C12H25N3O7.3ClH/c13-3-1-4(14)11(10(20)7(3)17)22-12-6(15)9(19)8(18)5(2-16)21-12;;;/h3-12,16-20H,1-2,13-15H2;3*1H/t3-,4+,5-,6-,7+,8-,9-,10-,11-,12-;;;/m1.../s1. The van der Waals surface area contributed by atoms with Crippen LogP contribution >= 0.6 is 37.2 Å². The van der Waals surface area contributed by atoms with Crippen molar-refractivity contribution in [3.05, 3.63) is 0 Å². The molecule has 1 saturated heterocycles. The number of aliphatic hydroxyl groups excluding tert-OH is 5. The van der Waals surface area contributed by atoms with Crippen LogP contribution < -0.4 is 17.2 Å². The molecule has 2 aliphatic rings.